The normalized spacial score (nSPS) is 17.6. The first-order chi connectivity index (χ1) is 17.6. The highest BCUT2D eigenvalue weighted by Crippen LogP contribution is 2.42. The van der Waals surface area contributed by atoms with Crippen molar-refractivity contribution in [3.63, 3.8) is 0 Å². The third kappa shape index (κ3) is 3.83. The third-order valence-corrected chi connectivity index (χ3v) is 7.60. The molecule has 0 spiro atoms. The molecular weight excluding hydrogens is 448 g/mol. The van der Waals surface area contributed by atoms with E-state index in [0.717, 1.165) is 46.4 Å². The number of hydrogen-bond acceptors (Lipinski definition) is 3. The standard InChI is InChI=1S/C30H30N4O2/c1-21-28(25-13-7-8-14-26(25)31-21)29-23-11-5-6-12-24(23)30(36)34(29)16-15-27(35)33-19-17-32(18-20-33)22-9-3-2-4-10-22/h2-14,29,31H,15-20H2,1H3/t29-/m0/s1. The number of aromatic nitrogens is 1. The number of rotatable bonds is 5. The molecule has 1 aromatic heterocycles. The summed E-state index contributed by atoms with van der Waals surface area (Å²) in [6.07, 6.45) is 0.322. The molecule has 0 radical (unpaired) electrons. The van der Waals surface area contributed by atoms with Gasteiger partial charge in [-0.15, -0.1) is 0 Å². The maximum Gasteiger partial charge on any atom is 0.255 e. The first-order valence-electron chi connectivity index (χ1n) is 12.7. The predicted molar refractivity (Wildman–Crippen MR) is 142 cm³/mol. The minimum atomic E-state index is -0.201. The van der Waals surface area contributed by atoms with Crippen molar-refractivity contribution in [2.45, 2.75) is 19.4 Å². The molecule has 3 heterocycles. The highest BCUT2D eigenvalue weighted by molar-refractivity contribution is 6.01. The van der Waals surface area contributed by atoms with Crippen LogP contribution in [0.25, 0.3) is 10.9 Å². The number of nitrogens with zero attached hydrogens (tertiary/aromatic N) is 3. The van der Waals surface area contributed by atoms with E-state index < -0.39 is 0 Å². The van der Waals surface area contributed by atoms with E-state index in [1.807, 2.05) is 64.4 Å². The SMILES string of the molecule is Cc1[nH]c2ccccc2c1[C@@H]1c2ccccc2C(=O)N1CCC(=O)N1CCN(c2ccccc2)CC1. The van der Waals surface area contributed by atoms with Crippen LogP contribution in [-0.2, 0) is 4.79 Å². The van der Waals surface area contributed by atoms with Crippen LogP contribution in [0.3, 0.4) is 0 Å². The van der Waals surface area contributed by atoms with Gasteiger partial charge in [-0.25, -0.2) is 0 Å². The van der Waals surface area contributed by atoms with Crippen molar-refractivity contribution in [2.75, 3.05) is 37.6 Å². The number of H-pyrrole nitrogens is 1. The summed E-state index contributed by atoms with van der Waals surface area (Å²) in [4.78, 5) is 36.4. The maximum absolute atomic E-state index is 13.5. The molecule has 6 rings (SSSR count). The Kier molecular flexibility index (Phi) is 5.72. The number of piperazine rings is 1. The Bertz CT molecular complexity index is 1420. The Morgan fingerprint density at radius 2 is 1.58 bits per heavy atom. The number of nitrogens with one attached hydrogen (secondary N) is 1. The molecule has 36 heavy (non-hydrogen) atoms. The van der Waals surface area contributed by atoms with E-state index in [1.54, 1.807) is 0 Å². The Labute approximate surface area is 211 Å². The van der Waals surface area contributed by atoms with Crippen molar-refractivity contribution < 1.29 is 9.59 Å². The van der Waals surface area contributed by atoms with Gasteiger partial charge in [0.25, 0.3) is 5.91 Å². The molecular formula is C30H30N4O2. The molecule has 1 saturated heterocycles. The number of aryl methyl sites for hydroxylation is 1. The molecule has 1 atom stereocenters. The van der Waals surface area contributed by atoms with Gasteiger partial charge in [0.05, 0.1) is 6.04 Å². The first-order valence-corrected chi connectivity index (χ1v) is 12.7. The zero-order valence-electron chi connectivity index (χ0n) is 20.5. The zero-order valence-corrected chi connectivity index (χ0v) is 20.5. The van der Waals surface area contributed by atoms with E-state index >= 15 is 0 Å². The molecule has 2 aliphatic heterocycles. The number of aromatic amines is 1. The fraction of sp³-hybridized carbons (Fsp3) is 0.267. The van der Waals surface area contributed by atoms with Crippen LogP contribution in [0.15, 0.2) is 78.9 Å². The molecule has 182 valence electrons. The van der Waals surface area contributed by atoms with Crippen molar-refractivity contribution >= 4 is 28.4 Å². The Morgan fingerprint density at radius 3 is 2.39 bits per heavy atom. The second kappa shape index (κ2) is 9.19. The number of para-hydroxylation sites is 2. The van der Waals surface area contributed by atoms with Crippen LogP contribution in [0.2, 0.25) is 0 Å². The monoisotopic (exact) mass is 478 g/mol. The van der Waals surface area contributed by atoms with E-state index in [1.165, 1.54) is 5.69 Å². The average Bonchev–Trinajstić information content (AvgIpc) is 3.40. The van der Waals surface area contributed by atoms with Gasteiger partial charge in [0, 0.05) is 72.6 Å². The summed E-state index contributed by atoms with van der Waals surface area (Å²) in [6.45, 7) is 5.51. The number of anilines is 1. The predicted octanol–water partition coefficient (Wildman–Crippen LogP) is 4.76. The molecule has 0 aliphatic carbocycles. The summed E-state index contributed by atoms with van der Waals surface area (Å²) in [5, 5.41) is 1.12. The first kappa shape index (κ1) is 22.4. The summed E-state index contributed by atoms with van der Waals surface area (Å²) in [7, 11) is 0. The van der Waals surface area contributed by atoms with Crippen LogP contribution < -0.4 is 4.90 Å². The van der Waals surface area contributed by atoms with Crippen molar-refractivity contribution in [2.24, 2.45) is 0 Å². The van der Waals surface area contributed by atoms with Crippen molar-refractivity contribution in [3.8, 4) is 0 Å². The molecule has 6 heteroatoms. The number of fused-ring (bicyclic) bond motifs is 2. The van der Waals surface area contributed by atoms with Crippen LogP contribution in [-0.4, -0.2) is 59.3 Å². The van der Waals surface area contributed by atoms with Gasteiger partial charge in [-0.2, -0.15) is 0 Å². The van der Waals surface area contributed by atoms with E-state index in [0.29, 0.717) is 26.1 Å². The molecule has 0 unspecified atom stereocenters. The number of benzene rings is 3. The summed E-state index contributed by atoms with van der Waals surface area (Å²) in [5.41, 5.74) is 6.18. The highest BCUT2D eigenvalue weighted by atomic mass is 16.2. The van der Waals surface area contributed by atoms with Crippen LogP contribution in [0.4, 0.5) is 5.69 Å². The fourth-order valence-electron chi connectivity index (χ4n) is 5.79. The number of hydrogen-bond donors (Lipinski definition) is 1. The quantitative estimate of drug-likeness (QED) is 0.450. The highest BCUT2D eigenvalue weighted by Gasteiger charge is 2.39. The van der Waals surface area contributed by atoms with Gasteiger partial charge in [0.1, 0.15) is 0 Å². The van der Waals surface area contributed by atoms with E-state index in [2.05, 4.69) is 41.1 Å². The van der Waals surface area contributed by atoms with Crippen molar-refractivity contribution in [3.05, 3.63) is 101 Å². The fourth-order valence-corrected chi connectivity index (χ4v) is 5.79. The Balaban J connectivity index is 1.21. The maximum atomic E-state index is 13.5. The molecule has 3 aromatic carbocycles. The Morgan fingerprint density at radius 1 is 0.889 bits per heavy atom. The summed E-state index contributed by atoms with van der Waals surface area (Å²) in [6, 6.07) is 26.2. The summed E-state index contributed by atoms with van der Waals surface area (Å²) in [5.74, 6) is 0.114. The topological polar surface area (TPSA) is 59.7 Å². The molecule has 6 nitrogen and oxygen atoms in total. The molecule has 1 N–H and O–H groups in total. The van der Waals surface area contributed by atoms with Gasteiger partial charge in [0.15, 0.2) is 0 Å². The van der Waals surface area contributed by atoms with E-state index in [-0.39, 0.29) is 17.9 Å². The minimum Gasteiger partial charge on any atom is -0.368 e. The van der Waals surface area contributed by atoms with Crippen molar-refractivity contribution in [1.82, 2.24) is 14.8 Å². The second-order valence-corrected chi connectivity index (χ2v) is 9.65. The lowest BCUT2D eigenvalue weighted by molar-refractivity contribution is -0.131. The lowest BCUT2D eigenvalue weighted by Crippen LogP contribution is -2.49. The van der Waals surface area contributed by atoms with Gasteiger partial charge in [-0.05, 0) is 36.8 Å². The third-order valence-electron chi connectivity index (χ3n) is 7.60. The van der Waals surface area contributed by atoms with Crippen LogP contribution >= 0.6 is 0 Å². The molecule has 0 bridgehead atoms. The molecule has 1 fully saturated rings. The smallest absolute Gasteiger partial charge is 0.255 e. The number of carbonyl (C=O) groups excluding carboxylic acids is 2. The molecule has 0 saturated carbocycles. The van der Waals surface area contributed by atoms with Crippen LogP contribution in [0.1, 0.15) is 39.6 Å². The van der Waals surface area contributed by atoms with Gasteiger partial charge in [-0.3, -0.25) is 9.59 Å². The van der Waals surface area contributed by atoms with Crippen molar-refractivity contribution in [1.29, 1.82) is 0 Å². The number of amides is 2. The second-order valence-electron chi connectivity index (χ2n) is 9.65. The lowest BCUT2D eigenvalue weighted by Gasteiger charge is -2.36. The van der Waals surface area contributed by atoms with Gasteiger partial charge >= 0.3 is 0 Å². The minimum absolute atomic E-state index is 0.00183. The van der Waals surface area contributed by atoms with E-state index in [9.17, 15) is 9.59 Å². The summed E-state index contributed by atoms with van der Waals surface area (Å²) >= 11 is 0. The largest absolute Gasteiger partial charge is 0.368 e. The van der Waals surface area contributed by atoms with Crippen LogP contribution in [0.5, 0.6) is 0 Å². The van der Waals surface area contributed by atoms with Gasteiger partial charge in [0.2, 0.25) is 5.91 Å². The average molecular weight is 479 g/mol. The Hall–Kier alpha value is -4.06. The zero-order chi connectivity index (χ0) is 24.6. The lowest BCUT2D eigenvalue weighted by atomic mass is 9.95. The molecule has 4 aromatic rings. The summed E-state index contributed by atoms with van der Waals surface area (Å²) < 4.78 is 0. The molecule has 2 amide bonds. The van der Waals surface area contributed by atoms with Gasteiger partial charge < -0.3 is 19.7 Å². The number of carbonyl (C=O) groups is 2. The molecule has 2 aliphatic rings. The van der Waals surface area contributed by atoms with Gasteiger partial charge in [-0.1, -0.05) is 54.6 Å². The van der Waals surface area contributed by atoms with E-state index in [4.69, 9.17) is 0 Å². The van der Waals surface area contributed by atoms with Crippen LogP contribution in [0, 0.1) is 6.92 Å².